The van der Waals surface area contributed by atoms with Gasteiger partial charge in [-0.1, -0.05) is 15.9 Å². The summed E-state index contributed by atoms with van der Waals surface area (Å²) in [5.41, 5.74) is 0. The molecular weight excluding hydrogens is 368 g/mol. The van der Waals surface area contributed by atoms with E-state index in [9.17, 15) is 13.2 Å². The third kappa shape index (κ3) is 5.07. The highest BCUT2D eigenvalue weighted by Gasteiger charge is 2.18. The smallest absolute Gasteiger partial charge is 0.222 e. The molecule has 2 rings (SSSR count). The van der Waals surface area contributed by atoms with E-state index >= 15 is 0 Å². The normalized spacial score (nSPS) is 16.3. The topological polar surface area (TPSA) is 66.5 Å². The van der Waals surface area contributed by atoms with Gasteiger partial charge in [-0.2, -0.15) is 0 Å². The number of sulfone groups is 1. The van der Waals surface area contributed by atoms with Crippen molar-refractivity contribution < 1.29 is 13.2 Å². The zero-order chi connectivity index (χ0) is 16.0. The Hall–Kier alpha value is -0.920. The molecular formula is C15H21BrN2O3S. The Kier molecular flexibility index (Phi) is 6.40. The Morgan fingerprint density at radius 3 is 2.64 bits per heavy atom. The molecule has 1 heterocycles. The number of hydrogen-bond acceptors (Lipinski definition) is 4. The van der Waals surface area contributed by atoms with Crippen molar-refractivity contribution in [1.82, 2.24) is 10.2 Å². The van der Waals surface area contributed by atoms with Crippen molar-refractivity contribution in [3.05, 3.63) is 28.7 Å². The lowest BCUT2D eigenvalue weighted by Crippen LogP contribution is -2.34. The van der Waals surface area contributed by atoms with Crippen molar-refractivity contribution in [2.24, 2.45) is 0 Å². The summed E-state index contributed by atoms with van der Waals surface area (Å²) in [7, 11) is -3.31. The van der Waals surface area contributed by atoms with Gasteiger partial charge >= 0.3 is 0 Å². The second-order valence-electron chi connectivity index (χ2n) is 5.36. The van der Waals surface area contributed by atoms with Crippen LogP contribution in [0.1, 0.15) is 19.3 Å². The fourth-order valence-corrected chi connectivity index (χ4v) is 4.00. The molecule has 122 valence electrons. The Balaban J connectivity index is 1.84. The number of amides is 1. The van der Waals surface area contributed by atoms with E-state index in [0.717, 1.165) is 30.5 Å². The van der Waals surface area contributed by atoms with Gasteiger partial charge in [0.25, 0.3) is 0 Å². The lowest BCUT2D eigenvalue weighted by molar-refractivity contribution is -0.131. The summed E-state index contributed by atoms with van der Waals surface area (Å²) in [6.45, 7) is 3.20. The van der Waals surface area contributed by atoms with Gasteiger partial charge in [-0.05, 0) is 43.7 Å². The van der Waals surface area contributed by atoms with Crippen molar-refractivity contribution in [2.45, 2.75) is 24.2 Å². The fourth-order valence-electron chi connectivity index (χ4n) is 2.43. The predicted molar refractivity (Wildman–Crippen MR) is 89.5 cm³/mol. The number of nitrogens with zero attached hydrogens (tertiary/aromatic N) is 1. The first-order chi connectivity index (χ1) is 10.5. The zero-order valence-corrected chi connectivity index (χ0v) is 14.8. The quantitative estimate of drug-likeness (QED) is 0.835. The maximum Gasteiger partial charge on any atom is 0.222 e. The maximum atomic E-state index is 12.2. The molecule has 22 heavy (non-hydrogen) atoms. The van der Waals surface area contributed by atoms with Crippen LogP contribution in [0.5, 0.6) is 0 Å². The monoisotopic (exact) mass is 388 g/mol. The molecule has 1 aromatic rings. The van der Waals surface area contributed by atoms with Gasteiger partial charge in [0.05, 0.1) is 10.6 Å². The Bertz CT molecular complexity index is 594. The number of benzene rings is 1. The van der Waals surface area contributed by atoms with Gasteiger partial charge in [0.15, 0.2) is 9.84 Å². The standard InChI is InChI=1S/C15H21BrN2O3S/c16-13-4-6-14(7-5-13)22(20,21)12-1-3-15(19)18-10-2-8-17-9-11-18/h4-7,17H,1-3,8-12H2. The first-order valence-corrected chi connectivity index (χ1v) is 9.90. The molecule has 1 N–H and O–H groups in total. The van der Waals surface area contributed by atoms with Crippen LogP contribution >= 0.6 is 15.9 Å². The van der Waals surface area contributed by atoms with Crippen LogP contribution in [0.25, 0.3) is 0 Å². The summed E-state index contributed by atoms with van der Waals surface area (Å²) in [5.74, 6) is 0.0571. The van der Waals surface area contributed by atoms with Gasteiger partial charge in [-0.25, -0.2) is 8.42 Å². The Labute approximate surface area is 140 Å². The Morgan fingerprint density at radius 1 is 1.18 bits per heavy atom. The van der Waals surface area contributed by atoms with Gasteiger partial charge in [0.1, 0.15) is 0 Å². The largest absolute Gasteiger partial charge is 0.341 e. The van der Waals surface area contributed by atoms with E-state index in [1.54, 1.807) is 24.3 Å². The average molecular weight is 389 g/mol. The minimum absolute atomic E-state index is 0.00641. The zero-order valence-electron chi connectivity index (χ0n) is 12.4. The second kappa shape index (κ2) is 8.08. The highest BCUT2D eigenvalue weighted by Crippen LogP contribution is 2.17. The summed E-state index contributed by atoms with van der Waals surface area (Å²) in [5, 5.41) is 3.24. The van der Waals surface area contributed by atoms with Crippen LogP contribution in [0.15, 0.2) is 33.6 Å². The third-order valence-electron chi connectivity index (χ3n) is 3.67. The molecule has 1 saturated heterocycles. The van der Waals surface area contributed by atoms with Crippen molar-refractivity contribution in [1.29, 1.82) is 0 Å². The average Bonchev–Trinajstić information content (AvgIpc) is 2.76. The van der Waals surface area contributed by atoms with Crippen molar-refractivity contribution >= 4 is 31.7 Å². The van der Waals surface area contributed by atoms with E-state index in [0.29, 0.717) is 17.9 Å². The van der Waals surface area contributed by atoms with Crippen LogP contribution in [0, 0.1) is 0 Å². The van der Waals surface area contributed by atoms with Crippen LogP contribution in [-0.4, -0.2) is 51.2 Å². The summed E-state index contributed by atoms with van der Waals surface area (Å²) < 4.78 is 25.3. The summed E-state index contributed by atoms with van der Waals surface area (Å²) in [6, 6.07) is 6.59. The number of nitrogens with one attached hydrogen (secondary N) is 1. The van der Waals surface area contributed by atoms with E-state index in [4.69, 9.17) is 0 Å². The molecule has 0 radical (unpaired) electrons. The molecule has 1 aliphatic heterocycles. The van der Waals surface area contributed by atoms with E-state index in [1.165, 1.54) is 0 Å². The molecule has 5 nitrogen and oxygen atoms in total. The summed E-state index contributed by atoms with van der Waals surface area (Å²) in [6.07, 6.45) is 1.60. The fraction of sp³-hybridized carbons (Fsp3) is 0.533. The Morgan fingerprint density at radius 2 is 1.91 bits per heavy atom. The van der Waals surface area contributed by atoms with E-state index in [2.05, 4.69) is 21.2 Å². The molecule has 1 amide bonds. The second-order valence-corrected chi connectivity index (χ2v) is 8.39. The maximum absolute atomic E-state index is 12.2. The highest BCUT2D eigenvalue weighted by molar-refractivity contribution is 9.10. The minimum atomic E-state index is -3.31. The van der Waals surface area contributed by atoms with Gasteiger partial charge in [-0.3, -0.25) is 4.79 Å². The first-order valence-electron chi connectivity index (χ1n) is 7.46. The lowest BCUT2D eigenvalue weighted by atomic mass is 10.3. The number of carbonyl (C=O) groups is 1. The highest BCUT2D eigenvalue weighted by atomic mass is 79.9. The van der Waals surface area contributed by atoms with Crippen LogP contribution in [0.4, 0.5) is 0 Å². The van der Waals surface area contributed by atoms with Gasteiger partial charge in [-0.15, -0.1) is 0 Å². The van der Waals surface area contributed by atoms with Crippen LogP contribution < -0.4 is 5.32 Å². The molecule has 0 unspecified atom stereocenters. The van der Waals surface area contributed by atoms with Gasteiger partial charge in [0.2, 0.25) is 5.91 Å². The number of carbonyl (C=O) groups excluding carboxylic acids is 1. The molecule has 0 saturated carbocycles. The molecule has 1 fully saturated rings. The molecule has 0 aliphatic carbocycles. The lowest BCUT2D eigenvalue weighted by Gasteiger charge is -2.19. The minimum Gasteiger partial charge on any atom is -0.341 e. The molecule has 1 aromatic carbocycles. The molecule has 0 aromatic heterocycles. The van der Waals surface area contributed by atoms with Gasteiger partial charge in [0, 0.05) is 30.5 Å². The molecule has 0 bridgehead atoms. The molecule has 0 atom stereocenters. The van der Waals surface area contributed by atoms with Crippen molar-refractivity contribution in [3.8, 4) is 0 Å². The third-order valence-corrected chi connectivity index (χ3v) is 6.01. The predicted octanol–water partition coefficient (Wildman–Crippen LogP) is 1.82. The van der Waals surface area contributed by atoms with Crippen molar-refractivity contribution in [2.75, 3.05) is 31.9 Å². The number of halogens is 1. The molecule has 7 heteroatoms. The SMILES string of the molecule is O=C(CCCS(=O)(=O)c1ccc(Br)cc1)N1CCCNCC1. The molecule has 0 spiro atoms. The van der Waals surface area contributed by atoms with Crippen LogP contribution in [0.2, 0.25) is 0 Å². The number of rotatable bonds is 5. The number of hydrogen-bond donors (Lipinski definition) is 1. The molecule has 1 aliphatic rings. The summed E-state index contributed by atoms with van der Waals surface area (Å²) >= 11 is 3.28. The van der Waals surface area contributed by atoms with E-state index < -0.39 is 9.84 Å². The van der Waals surface area contributed by atoms with E-state index in [1.807, 2.05) is 4.90 Å². The van der Waals surface area contributed by atoms with Crippen LogP contribution in [-0.2, 0) is 14.6 Å². The van der Waals surface area contributed by atoms with Crippen molar-refractivity contribution in [3.63, 3.8) is 0 Å². The van der Waals surface area contributed by atoms with E-state index in [-0.39, 0.29) is 18.1 Å². The first kappa shape index (κ1) is 17.4. The van der Waals surface area contributed by atoms with Crippen LogP contribution in [0.3, 0.4) is 0 Å². The van der Waals surface area contributed by atoms with Gasteiger partial charge < -0.3 is 10.2 Å². The summed E-state index contributed by atoms with van der Waals surface area (Å²) in [4.78, 5) is 14.2.